The van der Waals surface area contributed by atoms with Crippen molar-refractivity contribution < 1.29 is 14.4 Å². The van der Waals surface area contributed by atoms with Crippen LogP contribution in [-0.4, -0.2) is 25.8 Å². The maximum atomic E-state index is 11.9. The molecule has 0 aromatic carbocycles. The Labute approximate surface area is 115 Å². The molecule has 0 fully saturated rings. The number of aromatic carboxylic acids is 1. The summed E-state index contributed by atoms with van der Waals surface area (Å²) in [5.41, 5.74) is 0.334. The van der Waals surface area contributed by atoms with E-state index in [-0.39, 0.29) is 23.4 Å². The van der Waals surface area contributed by atoms with Crippen LogP contribution in [0.4, 0.5) is 0 Å². The van der Waals surface area contributed by atoms with Gasteiger partial charge in [-0.15, -0.1) is 0 Å². The van der Waals surface area contributed by atoms with Gasteiger partial charge in [0.25, 0.3) is 5.56 Å². The van der Waals surface area contributed by atoms with E-state index in [9.17, 15) is 9.59 Å². The highest BCUT2D eigenvalue weighted by molar-refractivity contribution is 14.1. The molecule has 0 amide bonds. The molecule has 2 heterocycles. The summed E-state index contributed by atoms with van der Waals surface area (Å²) in [4.78, 5) is 26.8. The zero-order chi connectivity index (χ0) is 13.3. The van der Waals surface area contributed by atoms with Crippen LogP contribution in [0.3, 0.4) is 0 Å². The molecule has 18 heavy (non-hydrogen) atoms. The van der Waals surface area contributed by atoms with Crippen molar-refractivity contribution in [2.45, 2.75) is 13.5 Å². The molecule has 0 saturated carbocycles. The van der Waals surface area contributed by atoms with Gasteiger partial charge in [-0.3, -0.25) is 9.36 Å². The summed E-state index contributed by atoms with van der Waals surface area (Å²) in [5, 5.41) is 12.3. The molecule has 2 rings (SSSR count). The minimum absolute atomic E-state index is 0.0102. The van der Waals surface area contributed by atoms with Gasteiger partial charge in [-0.05, 0) is 29.5 Å². The van der Waals surface area contributed by atoms with Gasteiger partial charge in [0.1, 0.15) is 5.56 Å². The van der Waals surface area contributed by atoms with Crippen molar-refractivity contribution in [1.82, 2.24) is 14.7 Å². The third-order valence-electron chi connectivity index (χ3n) is 2.35. The molecule has 1 N–H and O–H groups in total. The first-order valence-corrected chi connectivity index (χ1v) is 5.97. The van der Waals surface area contributed by atoms with Gasteiger partial charge in [0.15, 0.2) is 5.76 Å². The van der Waals surface area contributed by atoms with Crippen LogP contribution >= 0.6 is 22.6 Å². The number of aromatic nitrogens is 3. The maximum absolute atomic E-state index is 11.9. The van der Waals surface area contributed by atoms with Crippen LogP contribution in [-0.2, 0) is 6.54 Å². The van der Waals surface area contributed by atoms with Gasteiger partial charge in [-0.2, -0.15) is 0 Å². The Hall–Kier alpha value is -1.71. The van der Waals surface area contributed by atoms with Crippen molar-refractivity contribution in [3.8, 4) is 0 Å². The molecule has 0 atom stereocenters. The molecule has 0 radical (unpaired) electrons. The van der Waals surface area contributed by atoms with Crippen molar-refractivity contribution >= 4 is 28.6 Å². The Balaban J connectivity index is 2.41. The van der Waals surface area contributed by atoms with Gasteiger partial charge in [0, 0.05) is 0 Å². The van der Waals surface area contributed by atoms with Crippen molar-refractivity contribution in [1.29, 1.82) is 0 Å². The van der Waals surface area contributed by atoms with E-state index in [1.807, 2.05) is 22.6 Å². The molecule has 2 aromatic rings. The van der Waals surface area contributed by atoms with Gasteiger partial charge in [-0.1, -0.05) is 5.16 Å². The second kappa shape index (κ2) is 4.88. The molecule has 0 unspecified atom stereocenters. The predicted octanol–water partition coefficient (Wildman–Crippen LogP) is 0.891. The minimum atomic E-state index is -1.14. The van der Waals surface area contributed by atoms with E-state index in [1.54, 1.807) is 6.92 Å². The van der Waals surface area contributed by atoms with Crippen LogP contribution in [0.1, 0.15) is 21.8 Å². The fourth-order valence-electron chi connectivity index (χ4n) is 1.37. The van der Waals surface area contributed by atoms with E-state index in [2.05, 4.69) is 10.1 Å². The summed E-state index contributed by atoms with van der Waals surface area (Å²) in [6, 6.07) is 0. The Morgan fingerprint density at radius 2 is 2.33 bits per heavy atom. The zero-order valence-corrected chi connectivity index (χ0v) is 11.4. The number of rotatable bonds is 3. The number of carboxylic acid groups (broad SMARTS) is 1. The first kappa shape index (κ1) is 12.7. The Bertz CT molecular complexity index is 661. The fourth-order valence-corrected chi connectivity index (χ4v) is 1.82. The summed E-state index contributed by atoms with van der Waals surface area (Å²) in [6.45, 7) is 1.72. The number of halogens is 1. The molecule has 94 valence electrons. The highest BCUT2D eigenvalue weighted by Gasteiger charge is 2.16. The lowest BCUT2D eigenvalue weighted by Crippen LogP contribution is -2.25. The summed E-state index contributed by atoms with van der Waals surface area (Å²) in [6.07, 6.45) is 2.46. The minimum Gasteiger partial charge on any atom is -0.478 e. The van der Waals surface area contributed by atoms with E-state index in [0.29, 0.717) is 9.26 Å². The van der Waals surface area contributed by atoms with Crippen molar-refractivity contribution in [3.63, 3.8) is 0 Å². The van der Waals surface area contributed by atoms with E-state index in [1.165, 1.54) is 10.9 Å². The largest absolute Gasteiger partial charge is 0.478 e. The number of aryl methyl sites for hydroxylation is 1. The molecule has 0 aliphatic heterocycles. The third-order valence-corrected chi connectivity index (χ3v) is 3.59. The molecule has 7 nitrogen and oxygen atoms in total. The third kappa shape index (κ3) is 2.28. The average Bonchev–Trinajstić information content (AvgIpc) is 2.78. The van der Waals surface area contributed by atoms with Crippen LogP contribution in [0, 0.1) is 10.5 Å². The number of nitrogens with zero attached hydrogens (tertiary/aromatic N) is 3. The summed E-state index contributed by atoms with van der Waals surface area (Å²) in [7, 11) is 0. The topological polar surface area (TPSA) is 98.2 Å². The van der Waals surface area contributed by atoms with Gasteiger partial charge < -0.3 is 9.63 Å². The highest BCUT2D eigenvalue weighted by Crippen LogP contribution is 2.09. The molecule has 2 aromatic heterocycles. The second-order valence-corrected chi connectivity index (χ2v) is 4.62. The fraction of sp³-hybridized carbons (Fsp3) is 0.200. The maximum Gasteiger partial charge on any atom is 0.341 e. The Morgan fingerprint density at radius 3 is 3.00 bits per heavy atom. The van der Waals surface area contributed by atoms with Crippen molar-refractivity contribution in [3.05, 3.63) is 43.5 Å². The lowest BCUT2D eigenvalue weighted by molar-refractivity contribution is 0.0694. The Kier molecular flexibility index (Phi) is 3.45. The number of carboxylic acids is 1. The smallest absolute Gasteiger partial charge is 0.341 e. The van der Waals surface area contributed by atoms with E-state index < -0.39 is 5.97 Å². The molecule has 0 bridgehead atoms. The standard InChI is InChI=1S/C10H8IN3O4/c1-5-8(11)9(15)14(4-12-5)3-7-6(10(16)17)2-13-18-7/h2,4H,3H2,1H3,(H,16,17). The van der Waals surface area contributed by atoms with Crippen LogP contribution < -0.4 is 5.56 Å². The quantitative estimate of drug-likeness (QED) is 0.816. The van der Waals surface area contributed by atoms with E-state index in [0.717, 1.165) is 6.20 Å². The van der Waals surface area contributed by atoms with Gasteiger partial charge in [0.2, 0.25) is 0 Å². The zero-order valence-electron chi connectivity index (χ0n) is 9.25. The van der Waals surface area contributed by atoms with E-state index in [4.69, 9.17) is 9.63 Å². The molecular formula is C10H8IN3O4. The predicted molar refractivity (Wildman–Crippen MR) is 68.5 cm³/mol. The van der Waals surface area contributed by atoms with Gasteiger partial charge in [0.05, 0.1) is 28.3 Å². The monoisotopic (exact) mass is 361 g/mol. The molecule has 0 aliphatic carbocycles. The van der Waals surface area contributed by atoms with E-state index >= 15 is 0 Å². The molecule has 0 spiro atoms. The number of hydrogen-bond acceptors (Lipinski definition) is 5. The lowest BCUT2D eigenvalue weighted by Gasteiger charge is -2.04. The van der Waals surface area contributed by atoms with Gasteiger partial charge >= 0.3 is 5.97 Å². The second-order valence-electron chi connectivity index (χ2n) is 3.54. The molecule has 0 aliphatic rings. The normalized spacial score (nSPS) is 10.6. The average molecular weight is 361 g/mol. The first-order valence-electron chi connectivity index (χ1n) is 4.89. The molecule has 0 saturated heterocycles. The SMILES string of the molecule is Cc1ncn(Cc2oncc2C(=O)O)c(=O)c1I. The van der Waals surface area contributed by atoms with Crippen molar-refractivity contribution in [2.24, 2.45) is 0 Å². The number of hydrogen-bond donors (Lipinski definition) is 1. The highest BCUT2D eigenvalue weighted by atomic mass is 127. The lowest BCUT2D eigenvalue weighted by atomic mass is 10.2. The van der Waals surface area contributed by atoms with Gasteiger partial charge in [-0.25, -0.2) is 9.78 Å². The van der Waals surface area contributed by atoms with Crippen LogP contribution in [0.2, 0.25) is 0 Å². The molecular weight excluding hydrogens is 353 g/mol. The summed E-state index contributed by atoms with van der Waals surface area (Å²) in [5.74, 6) is -1.03. The first-order chi connectivity index (χ1) is 8.50. The van der Waals surface area contributed by atoms with Crippen LogP contribution in [0.25, 0.3) is 0 Å². The van der Waals surface area contributed by atoms with Crippen LogP contribution in [0.5, 0.6) is 0 Å². The summed E-state index contributed by atoms with van der Waals surface area (Å²) < 4.78 is 6.61. The van der Waals surface area contributed by atoms with Crippen molar-refractivity contribution in [2.75, 3.05) is 0 Å². The summed E-state index contributed by atoms with van der Waals surface area (Å²) >= 11 is 1.90. The molecule has 8 heteroatoms. The van der Waals surface area contributed by atoms with Crippen LogP contribution in [0.15, 0.2) is 21.8 Å². The number of carbonyl (C=O) groups is 1. The Morgan fingerprint density at radius 1 is 1.61 bits per heavy atom.